The quantitative estimate of drug-likeness (QED) is 0.461. The van der Waals surface area contributed by atoms with Crippen LogP contribution in [0.15, 0.2) is 78.0 Å². The number of aromatic nitrogens is 1. The number of ether oxygens (including phenoxy) is 1. The predicted molar refractivity (Wildman–Crippen MR) is 138 cm³/mol. The number of hydrogen-bond donors (Lipinski definition) is 0. The molecule has 2 saturated heterocycles. The van der Waals surface area contributed by atoms with E-state index in [1.165, 1.54) is 0 Å². The molecular weight excluding hydrogens is 482 g/mol. The van der Waals surface area contributed by atoms with Gasteiger partial charge in [0.2, 0.25) is 10.0 Å². The Hall–Kier alpha value is -2.45. The Morgan fingerprint density at radius 1 is 0.829 bits per heavy atom. The van der Waals surface area contributed by atoms with E-state index in [-0.39, 0.29) is 6.10 Å². The van der Waals surface area contributed by atoms with Gasteiger partial charge in [-0.05, 0) is 73.2 Å². The third-order valence-corrected chi connectivity index (χ3v) is 9.17. The third kappa shape index (κ3) is 5.70. The van der Waals surface area contributed by atoms with Crippen LogP contribution in [-0.4, -0.2) is 60.9 Å². The Kier molecular flexibility index (Phi) is 7.39. The summed E-state index contributed by atoms with van der Waals surface area (Å²) < 4.78 is 34.2. The average Bonchev–Trinajstić information content (AvgIpc) is 2.90. The van der Waals surface area contributed by atoms with Crippen molar-refractivity contribution in [1.82, 2.24) is 14.2 Å². The maximum absolute atomic E-state index is 13.3. The van der Waals surface area contributed by atoms with Gasteiger partial charge in [-0.15, -0.1) is 0 Å². The van der Waals surface area contributed by atoms with Gasteiger partial charge >= 0.3 is 0 Å². The van der Waals surface area contributed by atoms with Gasteiger partial charge in [-0.3, -0.25) is 4.98 Å². The molecule has 3 aromatic rings. The molecule has 0 amide bonds. The van der Waals surface area contributed by atoms with Crippen LogP contribution in [0.3, 0.4) is 0 Å². The molecule has 184 valence electrons. The summed E-state index contributed by atoms with van der Waals surface area (Å²) in [6.45, 7) is 3.07. The van der Waals surface area contributed by atoms with Crippen molar-refractivity contribution in [3.8, 4) is 16.9 Å². The number of pyridine rings is 1. The van der Waals surface area contributed by atoms with E-state index in [0.29, 0.717) is 29.0 Å². The Morgan fingerprint density at radius 3 is 2.17 bits per heavy atom. The molecule has 0 unspecified atom stereocenters. The predicted octanol–water partition coefficient (Wildman–Crippen LogP) is 5.10. The molecule has 2 aromatic carbocycles. The summed E-state index contributed by atoms with van der Waals surface area (Å²) in [5.41, 5.74) is 1.92. The van der Waals surface area contributed by atoms with Crippen molar-refractivity contribution in [2.24, 2.45) is 0 Å². The van der Waals surface area contributed by atoms with E-state index in [4.69, 9.17) is 16.3 Å². The van der Waals surface area contributed by atoms with Crippen LogP contribution in [0.25, 0.3) is 11.1 Å². The number of rotatable bonds is 6. The van der Waals surface area contributed by atoms with E-state index in [9.17, 15) is 8.42 Å². The lowest BCUT2D eigenvalue weighted by molar-refractivity contribution is 0.0585. The first-order valence-electron chi connectivity index (χ1n) is 12.2. The first kappa shape index (κ1) is 24.3. The Morgan fingerprint density at radius 2 is 1.51 bits per heavy atom. The van der Waals surface area contributed by atoms with Crippen molar-refractivity contribution in [2.45, 2.75) is 42.7 Å². The minimum atomic E-state index is -3.50. The molecule has 2 aliphatic rings. The summed E-state index contributed by atoms with van der Waals surface area (Å²) in [6.07, 6.45) is 7.41. The van der Waals surface area contributed by atoms with Gasteiger partial charge in [-0.1, -0.05) is 35.9 Å². The average molecular weight is 512 g/mol. The Labute approximate surface area is 212 Å². The van der Waals surface area contributed by atoms with Gasteiger partial charge in [0, 0.05) is 49.6 Å². The maximum Gasteiger partial charge on any atom is 0.243 e. The summed E-state index contributed by atoms with van der Waals surface area (Å²) in [5, 5.41) is 0.660. The molecule has 2 aliphatic heterocycles. The monoisotopic (exact) mass is 511 g/mol. The molecule has 0 radical (unpaired) electrons. The lowest BCUT2D eigenvalue weighted by atomic mass is 10.00. The fraction of sp³-hybridized carbons (Fsp3) is 0.370. The van der Waals surface area contributed by atoms with Crippen LogP contribution < -0.4 is 4.74 Å². The second-order valence-corrected chi connectivity index (χ2v) is 11.6. The first-order valence-corrected chi connectivity index (χ1v) is 14.0. The second kappa shape index (κ2) is 10.7. The molecular formula is C27H30ClN3O3S. The van der Waals surface area contributed by atoms with E-state index in [1.807, 2.05) is 48.5 Å². The van der Waals surface area contributed by atoms with E-state index >= 15 is 0 Å². The largest absolute Gasteiger partial charge is 0.490 e. The standard InChI is InChI=1S/C27H30ClN3O3S/c28-23-3-1-2-22(20-23)21-4-6-27(7-5-21)35(32,33)31-18-10-24(11-19-31)30-16-12-26(13-17-30)34-25-8-14-29-15-9-25/h1-9,14-15,20,24,26H,10-13,16-19H2. The van der Waals surface area contributed by atoms with Crippen molar-refractivity contribution < 1.29 is 13.2 Å². The summed E-state index contributed by atoms with van der Waals surface area (Å²) >= 11 is 6.09. The highest BCUT2D eigenvalue weighted by Gasteiger charge is 2.33. The molecule has 0 atom stereocenters. The highest BCUT2D eigenvalue weighted by atomic mass is 35.5. The summed E-state index contributed by atoms with van der Waals surface area (Å²) in [6, 6.07) is 18.9. The molecule has 8 heteroatoms. The van der Waals surface area contributed by atoms with Gasteiger partial charge < -0.3 is 9.64 Å². The highest BCUT2D eigenvalue weighted by molar-refractivity contribution is 7.89. The van der Waals surface area contributed by atoms with Crippen molar-refractivity contribution in [2.75, 3.05) is 26.2 Å². The summed E-state index contributed by atoms with van der Waals surface area (Å²) in [5.74, 6) is 0.873. The van der Waals surface area contributed by atoms with E-state index in [1.54, 1.807) is 28.8 Å². The molecule has 0 aliphatic carbocycles. The molecule has 5 rings (SSSR count). The lowest BCUT2D eigenvalue weighted by Crippen LogP contribution is -2.50. The second-order valence-electron chi connectivity index (χ2n) is 9.21. The molecule has 6 nitrogen and oxygen atoms in total. The molecule has 35 heavy (non-hydrogen) atoms. The number of nitrogens with zero attached hydrogens (tertiary/aromatic N) is 3. The summed E-state index contributed by atoms with van der Waals surface area (Å²) in [4.78, 5) is 6.89. The normalized spacial score (nSPS) is 19.0. The highest BCUT2D eigenvalue weighted by Crippen LogP contribution is 2.28. The fourth-order valence-electron chi connectivity index (χ4n) is 5.05. The van der Waals surface area contributed by atoms with Crippen LogP contribution in [0, 0.1) is 0 Å². The molecule has 0 bridgehead atoms. The van der Waals surface area contributed by atoms with Crippen molar-refractivity contribution in [3.05, 3.63) is 78.1 Å². The minimum Gasteiger partial charge on any atom is -0.490 e. The van der Waals surface area contributed by atoms with Gasteiger partial charge in [0.05, 0.1) is 4.90 Å². The zero-order valence-corrected chi connectivity index (χ0v) is 21.2. The van der Waals surface area contributed by atoms with Crippen LogP contribution in [0.2, 0.25) is 5.02 Å². The minimum absolute atomic E-state index is 0.226. The smallest absolute Gasteiger partial charge is 0.243 e. The zero-order chi connectivity index (χ0) is 24.3. The number of piperidine rings is 2. The molecule has 1 aromatic heterocycles. The van der Waals surface area contributed by atoms with Crippen molar-refractivity contribution >= 4 is 21.6 Å². The number of sulfonamides is 1. The molecule has 2 fully saturated rings. The van der Waals surface area contributed by atoms with Crippen LogP contribution in [0.5, 0.6) is 5.75 Å². The lowest BCUT2D eigenvalue weighted by Gasteiger charge is -2.41. The number of halogens is 1. The Bertz CT molecular complexity index is 1220. The number of hydrogen-bond acceptors (Lipinski definition) is 5. The molecule has 0 N–H and O–H groups in total. The van der Waals surface area contributed by atoms with Crippen LogP contribution in [-0.2, 0) is 10.0 Å². The van der Waals surface area contributed by atoms with Crippen molar-refractivity contribution in [3.63, 3.8) is 0 Å². The van der Waals surface area contributed by atoms with Gasteiger partial charge in [-0.2, -0.15) is 4.31 Å². The molecule has 0 saturated carbocycles. The van der Waals surface area contributed by atoms with Crippen LogP contribution in [0.1, 0.15) is 25.7 Å². The zero-order valence-electron chi connectivity index (χ0n) is 19.6. The van der Waals surface area contributed by atoms with Crippen LogP contribution in [0.4, 0.5) is 0 Å². The van der Waals surface area contributed by atoms with E-state index in [0.717, 1.165) is 55.6 Å². The summed E-state index contributed by atoms with van der Waals surface area (Å²) in [7, 11) is -3.50. The first-order chi connectivity index (χ1) is 17.0. The van der Waals surface area contributed by atoms with E-state index < -0.39 is 10.0 Å². The number of likely N-dealkylation sites (tertiary alicyclic amines) is 1. The van der Waals surface area contributed by atoms with Gasteiger partial charge in [0.25, 0.3) is 0 Å². The van der Waals surface area contributed by atoms with Gasteiger partial charge in [0.1, 0.15) is 11.9 Å². The van der Waals surface area contributed by atoms with E-state index in [2.05, 4.69) is 9.88 Å². The third-order valence-electron chi connectivity index (χ3n) is 7.02. The molecule has 3 heterocycles. The van der Waals surface area contributed by atoms with Crippen LogP contribution >= 0.6 is 11.6 Å². The van der Waals surface area contributed by atoms with Crippen molar-refractivity contribution in [1.29, 1.82) is 0 Å². The van der Waals surface area contributed by atoms with Gasteiger partial charge in [0.15, 0.2) is 0 Å². The SMILES string of the molecule is O=S(=O)(c1ccc(-c2cccc(Cl)c2)cc1)N1CCC(N2CCC(Oc3ccncc3)CC2)CC1. The molecule has 0 spiro atoms. The number of benzene rings is 2. The Balaban J connectivity index is 1.14. The topological polar surface area (TPSA) is 62.7 Å². The maximum atomic E-state index is 13.3. The van der Waals surface area contributed by atoms with Gasteiger partial charge in [-0.25, -0.2) is 8.42 Å². The fourth-order valence-corrected chi connectivity index (χ4v) is 6.71.